The predicted molar refractivity (Wildman–Crippen MR) is 96.3 cm³/mol. The molecule has 8 nitrogen and oxygen atoms in total. The molecule has 0 spiro atoms. The average Bonchev–Trinajstić information content (AvgIpc) is 2.55. The Morgan fingerprint density at radius 1 is 1.21 bits per heavy atom. The molecule has 1 aromatic carbocycles. The Bertz CT molecular complexity index is 1170. The monoisotopic (exact) mass is 440 g/mol. The smallest absolute Gasteiger partial charge is 0.292 e. The highest BCUT2D eigenvalue weighted by atomic mass is 32.2. The van der Waals surface area contributed by atoms with Crippen molar-refractivity contribution >= 4 is 32.9 Å². The Hall–Kier alpha value is -2.61. The van der Waals surface area contributed by atoms with Crippen LogP contribution >= 0.6 is 12.1 Å². The predicted octanol–water partition coefficient (Wildman–Crippen LogP) is 1.87. The van der Waals surface area contributed by atoms with Gasteiger partial charge >= 0.3 is 11.9 Å². The van der Waals surface area contributed by atoms with Crippen molar-refractivity contribution < 1.29 is 25.5 Å². The largest absolute Gasteiger partial charge is 0.431 e. The molecular weight excluding hydrogens is 428 g/mol. The fourth-order valence-corrected chi connectivity index (χ4v) is 3.16. The summed E-state index contributed by atoms with van der Waals surface area (Å²) in [5, 5.41) is 6.85. The molecule has 0 radical (unpaired) electrons. The van der Waals surface area contributed by atoms with Gasteiger partial charge in [-0.05, 0) is 18.2 Å². The van der Waals surface area contributed by atoms with E-state index in [0.29, 0.717) is 4.57 Å². The molecule has 0 atom stereocenters. The first-order valence-electron chi connectivity index (χ1n) is 7.16. The fraction of sp³-hybridized carbons (Fsp3) is 0.214. The van der Waals surface area contributed by atoms with Gasteiger partial charge in [-0.3, -0.25) is 19.5 Å². The van der Waals surface area contributed by atoms with Crippen LogP contribution in [0.5, 0.6) is 0 Å². The second-order valence-corrected chi connectivity index (χ2v) is 7.86. The SMILES string of the molecule is Cn1c(C(F)(F)F)cc(=O)n(-c2ccc(C(=N)SF)c(NS(C)(=O)=O)c2)c1=O. The van der Waals surface area contributed by atoms with Crippen LogP contribution in [0.1, 0.15) is 11.3 Å². The molecule has 0 unspecified atom stereocenters. The summed E-state index contributed by atoms with van der Waals surface area (Å²) < 4.78 is 77.2. The van der Waals surface area contributed by atoms with E-state index in [1.165, 1.54) is 0 Å². The van der Waals surface area contributed by atoms with Crippen molar-refractivity contribution in [1.29, 1.82) is 5.41 Å². The number of nitrogens with zero attached hydrogens (tertiary/aromatic N) is 2. The quantitative estimate of drug-likeness (QED) is 0.428. The lowest BCUT2D eigenvalue weighted by Gasteiger charge is -2.16. The summed E-state index contributed by atoms with van der Waals surface area (Å²) in [6, 6.07) is 3.29. The Balaban J connectivity index is 2.78. The molecule has 28 heavy (non-hydrogen) atoms. The third-order valence-corrected chi connectivity index (χ3v) is 4.45. The van der Waals surface area contributed by atoms with Crippen LogP contribution in [-0.4, -0.2) is 28.9 Å². The van der Waals surface area contributed by atoms with E-state index in [-0.39, 0.29) is 27.6 Å². The van der Waals surface area contributed by atoms with Crippen LogP contribution in [0.2, 0.25) is 0 Å². The molecule has 0 aliphatic carbocycles. The Labute approximate surface area is 159 Å². The van der Waals surface area contributed by atoms with Gasteiger partial charge in [0.25, 0.3) is 5.56 Å². The normalized spacial score (nSPS) is 12.1. The molecule has 1 aromatic heterocycles. The van der Waals surface area contributed by atoms with Gasteiger partial charge in [0.15, 0.2) is 0 Å². The number of halogens is 4. The van der Waals surface area contributed by atoms with Crippen molar-refractivity contribution in [2.75, 3.05) is 11.0 Å². The number of hydrogen-bond donors (Lipinski definition) is 2. The zero-order chi connectivity index (χ0) is 21.4. The van der Waals surface area contributed by atoms with E-state index >= 15 is 0 Å². The zero-order valence-corrected chi connectivity index (χ0v) is 15.8. The molecule has 1 heterocycles. The first-order valence-corrected chi connectivity index (χ1v) is 9.77. The average molecular weight is 440 g/mol. The van der Waals surface area contributed by atoms with Crippen molar-refractivity contribution in [2.45, 2.75) is 6.18 Å². The highest BCUT2D eigenvalue weighted by Gasteiger charge is 2.35. The van der Waals surface area contributed by atoms with Gasteiger partial charge in [-0.1, -0.05) is 0 Å². The molecule has 0 saturated carbocycles. The van der Waals surface area contributed by atoms with Crippen LogP contribution in [0.3, 0.4) is 0 Å². The van der Waals surface area contributed by atoms with E-state index in [4.69, 9.17) is 5.41 Å². The second-order valence-electron chi connectivity index (χ2n) is 5.55. The van der Waals surface area contributed by atoms with E-state index in [0.717, 1.165) is 31.5 Å². The molecule has 152 valence electrons. The van der Waals surface area contributed by atoms with Crippen molar-refractivity contribution in [3.63, 3.8) is 0 Å². The second kappa shape index (κ2) is 7.43. The van der Waals surface area contributed by atoms with Gasteiger partial charge in [-0.15, -0.1) is 0 Å². The van der Waals surface area contributed by atoms with Crippen LogP contribution < -0.4 is 16.0 Å². The molecule has 0 saturated heterocycles. The van der Waals surface area contributed by atoms with Gasteiger partial charge in [0, 0.05) is 18.7 Å². The van der Waals surface area contributed by atoms with E-state index in [9.17, 15) is 35.1 Å². The summed E-state index contributed by atoms with van der Waals surface area (Å²) in [4.78, 5) is 24.4. The lowest BCUT2D eigenvalue weighted by molar-refractivity contribution is -0.144. The number of alkyl halides is 3. The summed E-state index contributed by atoms with van der Waals surface area (Å²) in [5.74, 6) is 0. The molecular formula is C14H12F4N4O4S2. The Morgan fingerprint density at radius 2 is 1.82 bits per heavy atom. The van der Waals surface area contributed by atoms with Crippen LogP contribution in [0.15, 0.2) is 33.9 Å². The summed E-state index contributed by atoms with van der Waals surface area (Å²) in [6.07, 6.45) is -4.16. The van der Waals surface area contributed by atoms with Gasteiger partial charge in [0.1, 0.15) is 22.9 Å². The van der Waals surface area contributed by atoms with E-state index < -0.39 is 50.3 Å². The zero-order valence-electron chi connectivity index (χ0n) is 14.2. The van der Waals surface area contributed by atoms with Gasteiger partial charge in [-0.2, -0.15) is 17.1 Å². The van der Waals surface area contributed by atoms with Gasteiger partial charge in [0.05, 0.1) is 17.6 Å². The van der Waals surface area contributed by atoms with Crippen molar-refractivity contribution in [3.05, 3.63) is 56.4 Å². The maximum atomic E-state index is 12.9. The van der Waals surface area contributed by atoms with E-state index in [2.05, 4.69) is 0 Å². The van der Waals surface area contributed by atoms with Crippen LogP contribution in [0.25, 0.3) is 5.69 Å². The van der Waals surface area contributed by atoms with E-state index in [1.54, 1.807) is 0 Å². The molecule has 2 aromatic rings. The van der Waals surface area contributed by atoms with Gasteiger partial charge in [0.2, 0.25) is 10.0 Å². The lowest BCUT2D eigenvalue weighted by atomic mass is 10.1. The molecule has 2 N–H and O–H groups in total. The molecule has 0 aliphatic heterocycles. The summed E-state index contributed by atoms with van der Waals surface area (Å²) >= 11 is -0.478. The third-order valence-electron chi connectivity index (χ3n) is 3.49. The Kier molecular flexibility index (Phi) is 5.75. The number of hydrogen-bond acceptors (Lipinski definition) is 6. The van der Waals surface area contributed by atoms with Gasteiger partial charge in [-0.25, -0.2) is 17.8 Å². The van der Waals surface area contributed by atoms with Gasteiger partial charge < -0.3 is 0 Å². The summed E-state index contributed by atoms with van der Waals surface area (Å²) in [7, 11) is -3.07. The van der Waals surface area contributed by atoms with Crippen molar-refractivity contribution in [1.82, 2.24) is 9.13 Å². The number of rotatable bonds is 4. The number of nitrogens with one attached hydrogen (secondary N) is 2. The summed E-state index contributed by atoms with van der Waals surface area (Å²) in [5.41, 5.74) is -4.88. The fourth-order valence-electron chi connectivity index (χ4n) is 2.33. The topological polar surface area (TPSA) is 114 Å². The Morgan fingerprint density at radius 3 is 2.32 bits per heavy atom. The molecule has 0 fully saturated rings. The molecule has 0 bridgehead atoms. The number of anilines is 1. The molecule has 0 aliphatic rings. The minimum absolute atomic E-state index is 0.196. The van der Waals surface area contributed by atoms with Crippen LogP contribution in [0.4, 0.5) is 22.7 Å². The maximum absolute atomic E-state index is 12.9. The first kappa shape index (κ1) is 21.7. The summed E-state index contributed by atoms with van der Waals surface area (Å²) in [6.45, 7) is 0. The number of benzene rings is 1. The lowest BCUT2D eigenvalue weighted by Crippen LogP contribution is -2.40. The molecule has 2 rings (SSSR count). The van der Waals surface area contributed by atoms with E-state index in [1.807, 2.05) is 4.72 Å². The first-order chi connectivity index (χ1) is 12.8. The van der Waals surface area contributed by atoms with Crippen molar-refractivity contribution in [2.24, 2.45) is 7.05 Å². The van der Waals surface area contributed by atoms with Crippen molar-refractivity contribution in [3.8, 4) is 5.69 Å². The maximum Gasteiger partial charge on any atom is 0.431 e. The molecule has 14 heteroatoms. The molecule has 0 amide bonds. The standard InChI is InChI=1S/C14H12F4N4O4S2/c1-21-10(14(15,16)17)6-11(23)22(13(21)24)7-3-4-8(12(19)27-18)9(5-7)20-28(2,25)26/h3-6,19-20H,1-2H3. The van der Waals surface area contributed by atoms with Crippen LogP contribution in [0, 0.1) is 5.41 Å². The third kappa shape index (κ3) is 4.44. The minimum Gasteiger partial charge on any atom is -0.292 e. The minimum atomic E-state index is -4.94. The highest BCUT2D eigenvalue weighted by Crippen LogP contribution is 2.28. The number of sulfonamides is 1. The number of aromatic nitrogens is 2. The van der Waals surface area contributed by atoms with Crippen LogP contribution in [-0.2, 0) is 23.2 Å². The highest BCUT2D eigenvalue weighted by molar-refractivity contribution is 8.10.